The highest BCUT2D eigenvalue weighted by Gasteiger charge is 2.41. The van der Waals surface area contributed by atoms with Crippen LogP contribution in [0.15, 0.2) is 0 Å². The topological polar surface area (TPSA) is 12.0 Å². The minimum absolute atomic E-state index is 0.103. The molecule has 0 spiro atoms. The Balaban J connectivity index is 2.02. The molecule has 0 aromatic carbocycles. The number of nitrogens with one attached hydrogen (secondary N) is 1. The standard InChI is InChI=1S/C18H33F2N/c1-3-13-21-17(15-9-11-18(19,20)12-10-15)16-8-6-5-7-14(16)4-2/h14-17,21H,3-13H2,1-2H3. The van der Waals surface area contributed by atoms with Crippen molar-refractivity contribution in [1.29, 1.82) is 0 Å². The summed E-state index contributed by atoms with van der Waals surface area (Å²) in [5.41, 5.74) is 0. The summed E-state index contributed by atoms with van der Waals surface area (Å²) >= 11 is 0. The Hall–Kier alpha value is -0.180. The summed E-state index contributed by atoms with van der Waals surface area (Å²) in [6.07, 6.45) is 9.33. The third-order valence-electron chi connectivity index (χ3n) is 5.85. The zero-order valence-corrected chi connectivity index (χ0v) is 13.8. The molecular formula is C18H33F2N. The van der Waals surface area contributed by atoms with E-state index in [0.29, 0.717) is 30.7 Å². The summed E-state index contributed by atoms with van der Waals surface area (Å²) in [5, 5.41) is 3.76. The molecule has 3 atom stereocenters. The van der Waals surface area contributed by atoms with Gasteiger partial charge in [-0.1, -0.05) is 39.5 Å². The Morgan fingerprint density at radius 3 is 2.33 bits per heavy atom. The van der Waals surface area contributed by atoms with Crippen LogP contribution in [0.25, 0.3) is 0 Å². The zero-order valence-electron chi connectivity index (χ0n) is 13.8. The van der Waals surface area contributed by atoms with Gasteiger partial charge >= 0.3 is 0 Å². The van der Waals surface area contributed by atoms with E-state index in [2.05, 4.69) is 19.2 Å². The molecule has 0 aromatic rings. The van der Waals surface area contributed by atoms with Gasteiger partial charge in [0.1, 0.15) is 0 Å². The Morgan fingerprint density at radius 2 is 1.71 bits per heavy atom. The van der Waals surface area contributed by atoms with Crippen LogP contribution in [0, 0.1) is 17.8 Å². The molecule has 2 fully saturated rings. The summed E-state index contributed by atoms with van der Waals surface area (Å²) in [6, 6.07) is 0.478. The van der Waals surface area contributed by atoms with Crippen LogP contribution in [-0.4, -0.2) is 18.5 Å². The molecule has 0 heterocycles. The van der Waals surface area contributed by atoms with Gasteiger partial charge in [0.15, 0.2) is 0 Å². The maximum Gasteiger partial charge on any atom is 0.248 e. The lowest BCUT2D eigenvalue weighted by Crippen LogP contribution is -2.48. The van der Waals surface area contributed by atoms with E-state index >= 15 is 0 Å². The summed E-state index contributed by atoms with van der Waals surface area (Å²) in [6.45, 7) is 5.52. The van der Waals surface area contributed by atoms with Crippen molar-refractivity contribution in [2.24, 2.45) is 17.8 Å². The van der Waals surface area contributed by atoms with E-state index in [9.17, 15) is 8.78 Å². The monoisotopic (exact) mass is 301 g/mol. The maximum absolute atomic E-state index is 13.5. The zero-order chi connectivity index (χ0) is 15.3. The van der Waals surface area contributed by atoms with E-state index in [1.165, 1.54) is 32.1 Å². The molecule has 1 N–H and O–H groups in total. The normalized spacial score (nSPS) is 32.0. The Kier molecular flexibility index (Phi) is 6.46. The second-order valence-electron chi connectivity index (χ2n) is 7.29. The predicted molar refractivity (Wildman–Crippen MR) is 84.7 cm³/mol. The Morgan fingerprint density at radius 1 is 1.05 bits per heavy atom. The fraction of sp³-hybridized carbons (Fsp3) is 1.00. The van der Waals surface area contributed by atoms with Crippen LogP contribution in [0.5, 0.6) is 0 Å². The van der Waals surface area contributed by atoms with Crippen LogP contribution in [0.4, 0.5) is 8.78 Å². The molecule has 1 nitrogen and oxygen atoms in total. The number of hydrogen-bond acceptors (Lipinski definition) is 1. The molecule has 2 rings (SSSR count). The van der Waals surface area contributed by atoms with Crippen LogP contribution in [-0.2, 0) is 0 Å². The third kappa shape index (κ3) is 4.64. The first kappa shape index (κ1) is 17.2. The maximum atomic E-state index is 13.5. The van der Waals surface area contributed by atoms with Crippen molar-refractivity contribution in [2.45, 2.75) is 90.0 Å². The van der Waals surface area contributed by atoms with Gasteiger partial charge < -0.3 is 5.32 Å². The number of alkyl halides is 2. The van der Waals surface area contributed by atoms with Gasteiger partial charge in [-0.3, -0.25) is 0 Å². The van der Waals surface area contributed by atoms with Crippen molar-refractivity contribution in [3.05, 3.63) is 0 Å². The SMILES string of the molecule is CCCNC(C1CCC(F)(F)CC1)C1CCCCC1CC. The van der Waals surface area contributed by atoms with Gasteiger partial charge in [0.05, 0.1) is 0 Å². The molecule has 2 aliphatic rings. The summed E-state index contributed by atoms with van der Waals surface area (Å²) in [4.78, 5) is 0. The summed E-state index contributed by atoms with van der Waals surface area (Å²) < 4.78 is 26.9. The molecule has 21 heavy (non-hydrogen) atoms. The molecule has 0 amide bonds. The number of halogens is 2. The minimum Gasteiger partial charge on any atom is -0.313 e. The van der Waals surface area contributed by atoms with Crippen molar-refractivity contribution in [3.8, 4) is 0 Å². The minimum atomic E-state index is -2.40. The molecular weight excluding hydrogens is 268 g/mol. The van der Waals surface area contributed by atoms with Crippen LogP contribution in [0.2, 0.25) is 0 Å². The van der Waals surface area contributed by atoms with E-state index in [1.807, 2.05) is 0 Å². The predicted octanol–water partition coefficient (Wildman–Crippen LogP) is 5.40. The molecule has 0 aliphatic heterocycles. The van der Waals surface area contributed by atoms with E-state index < -0.39 is 5.92 Å². The Labute approximate surface area is 129 Å². The smallest absolute Gasteiger partial charge is 0.248 e. The quantitative estimate of drug-likeness (QED) is 0.693. The van der Waals surface area contributed by atoms with E-state index in [0.717, 1.165) is 18.9 Å². The van der Waals surface area contributed by atoms with Crippen LogP contribution >= 0.6 is 0 Å². The molecule has 3 unspecified atom stereocenters. The van der Waals surface area contributed by atoms with Crippen molar-refractivity contribution in [1.82, 2.24) is 5.32 Å². The molecule has 0 radical (unpaired) electrons. The van der Waals surface area contributed by atoms with Crippen molar-refractivity contribution < 1.29 is 8.78 Å². The van der Waals surface area contributed by atoms with Gasteiger partial charge in [0.25, 0.3) is 0 Å². The third-order valence-corrected chi connectivity index (χ3v) is 5.85. The lowest BCUT2D eigenvalue weighted by atomic mass is 9.68. The van der Waals surface area contributed by atoms with Crippen molar-refractivity contribution in [2.75, 3.05) is 6.54 Å². The fourth-order valence-corrected chi connectivity index (χ4v) is 4.62. The summed E-state index contributed by atoms with van der Waals surface area (Å²) in [7, 11) is 0. The lowest BCUT2D eigenvalue weighted by Gasteiger charge is -2.43. The first-order valence-corrected chi connectivity index (χ1v) is 9.18. The Bertz CT molecular complexity index is 296. The molecule has 124 valence electrons. The fourth-order valence-electron chi connectivity index (χ4n) is 4.62. The number of hydrogen-bond donors (Lipinski definition) is 1. The molecule has 0 saturated heterocycles. The average molecular weight is 301 g/mol. The molecule has 2 aliphatic carbocycles. The van der Waals surface area contributed by atoms with E-state index in [4.69, 9.17) is 0 Å². The van der Waals surface area contributed by atoms with Crippen molar-refractivity contribution in [3.63, 3.8) is 0 Å². The highest BCUT2D eigenvalue weighted by Crippen LogP contribution is 2.43. The highest BCUT2D eigenvalue weighted by atomic mass is 19.3. The van der Waals surface area contributed by atoms with Gasteiger partial charge in [-0.25, -0.2) is 8.78 Å². The van der Waals surface area contributed by atoms with Crippen LogP contribution in [0.3, 0.4) is 0 Å². The molecule has 2 saturated carbocycles. The lowest BCUT2D eigenvalue weighted by molar-refractivity contribution is -0.0545. The molecule has 0 aromatic heterocycles. The van der Waals surface area contributed by atoms with E-state index in [1.54, 1.807) is 0 Å². The van der Waals surface area contributed by atoms with Gasteiger partial charge in [-0.15, -0.1) is 0 Å². The second kappa shape index (κ2) is 7.89. The van der Waals surface area contributed by atoms with E-state index in [-0.39, 0.29) is 12.8 Å². The van der Waals surface area contributed by atoms with Crippen molar-refractivity contribution >= 4 is 0 Å². The first-order chi connectivity index (χ1) is 10.1. The highest BCUT2D eigenvalue weighted by molar-refractivity contribution is 4.92. The molecule has 0 bridgehead atoms. The van der Waals surface area contributed by atoms with Gasteiger partial charge in [-0.05, 0) is 50.0 Å². The number of rotatable bonds is 6. The van der Waals surface area contributed by atoms with Gasteiger partial charge in [-0.2, -0.15) is 0 Å². The summed E-state index contributed by atoms with van der Waals surface area (Å²) in [5.74, 6) is -0.418. The second-order valence-corrected chi connectivity index (χ2v) is 7.29. The van der Waals surface area contributed by atoms with Gasteiger partial charge in [0, 0.05) is 18.9 Å². The van der Waals surface area contributed by atoms with Crippen LogP contribution < -0.4 is 5.32 Å². The largest absolute Gasteiger partial charge is 0.313 e. The molecule has 3 heteroatoms. The average Bonchev–Trinajstić information content (AvgIpc) is 2.49. The van der Waals surface area contributed by atoms with Gasteiger partial charge in [0.2, 0.25) is 5.92 Å². The first-order valence-electron chi connectivity index (χ1n) is 9.18. The van der Waals surface area contributed by atoms with Crippen LogP contribution in [0.1, 0.15) is 78.1 Å².